The molecule has 0 spiro atoms. The lowest BCUT2D eigenvalue weighted by molar-refractivity contribution is -0.122. The number of rotatable bonds is 5. The molecule has 1 saturated carbocycles. The van der Waals surface area contributed by atoms with Crippen LogP contribution in [0, 0.1) is 0 Å². The van der Waals surface area contributed by atoms with E-state index in [2.05, 4.69) is 33.7 Å². The van der Waals surface area contributed by atoms with E-state index in [-0.39, 0.29) is 5.91 Å². The van der Waals surface area contributed by atoms with Gasteiger partial charge >= 0.3 is 0 Å². The second-order valence-electron chi connectivity index (χ2n) is 6.94. The molecule has 0 bridgehead atoms. The molecule has 0 aliphatic heterocycles. The number of amides is 1. The van der Waals surface area contributed by atoms with Gasteiger partial charge in [-0.25, -0.2) is 0 Å². The van der Waals surface area contributed by atoms with Gasteiger partial charge in [-0.1, -0.05) is 66.9 Å². The minimum absolute atomic E-state index is 0.0711. The monoisotopic (exact) mass is 349 g/mol. The molecule has 0 unspecified atom stereocenters. The topological polar surface area (TPSA) is 68.0 Å². The minimum Gasteiger partial charge on any atom is -0.353 e. The van der Waals surface area contributed by atoms with Crippen molar-refractivity contribution in [3.63, 3.8) is 0 Å². The molecule has 3 aromatic rings. The number of aryl methyl sites for hydroxylation is 1. The van der Waals surface area contributed by atoms with Gasteiger partial charge in [0.05, 0.1) is 0 Å². The van der Waals surface area contributed by atoms with E-state index in [1.807, 2.05) is 24.3 Å². The third kappa shape index (κ3) is 3.77. The number of fused-ring (bicyclic) bond motifs is 1. The number of carbonyl (C=O) groups excluding carboxylic acids is 1. The molecule has 0 radical (unpaired) electrons. The third-order valence-corrected chi connectivity index (χ3v) is 5.03. The van der Waals surface area contributed by atoms with Crippen LogP contribution in [0.5, 0.6) is 0 Å². The highest BCUT2D eigenvalue weighted by atomic mass is 16.5. The Kier molecular flexibility index (Phi) is 4.95. The molecule has 1 aliphatic rings. The molecule has 2 aromatic carbocycles. The number of nitrogens with one attached hydrogen (secondary N) is 1. The molecular weight excluding hydrogens is 326 g/mol. The lowest BCUT2D eigenvalue weighted by Crippen LogP contribution is -2.36. The first kappa shape index (κ1) is 16.8. The summed E-state index contributed by atoms with van der Waals surface area (Å²) in [5, 5.41) is 9.47. The molecule has 1 aromatic heterocycles. The molecule has 26 heavy (non-hydrogen) atoms. The van der Waals surface area contributed by atoms with Crippen LogP contribution in [0.4, 0.5) is 0 Å². The van der Waals surface area contributed by atoms with E-state index >= 15 is 0 Å². The molecule has 1 fully saturated rings. The Morgan fingerprint density at radius 1 is 1.08 bits per heavy atom. The van der Waals surface area contributed by atoms with Crippen molar-refractivity contribution >= 4 is 16.7 Å². The van der Waals surface area contributed by atoms with Crippen molar-refractivity contribution in [2.45, 2.75) is 51.0 Å². The molecule has 4 rings (SSSR count). The Morgan fingerprint density at radius 2 is 1.88 bits per heavy atom. The van der Waals surface area contributed by atoms with Crippen molar-refractivity contribution in [3.8, 4) is 11.4 Å². The van der Waals surface area contributed by atoms with E-state index in [1.165, 1.54) is 19.3 Å². The van der Waals surface area contributed by atoms with Crippen molar-refractivity contribution in [1.29, 1.82) is 0 Å². The largest absolute Gasteiger partial charge is 0.353 e. The molecule has 5 nitrogen and oxygen atoms in total. The number of hydrogen-bond acceptors (Lipinski definition) is 4. The molecule has 1 amide bonds. The van der Waals surface area contributed by atoms with E-state index < -0.39 is 0 Å². The van der Waals surface area contributed by atoms with E-state index in [4.69, 9.17) is 4.52 Å². The summed E-state index contributed by atoms with van der Waals surface area (Å²) >= 11 is 0. The van der Waals surface area contributed by atoms with Gasteiger partial charge in [0.15, 0.2) is 0 Å². The molecule has 1 N–H and O–H groups in total. The van der Waals surface area contributed by atoms with Crippen LogP contribution in [0.1, 0.15) is 44.4 Å². The average molecular weight is 349 g/mol. The molecular formula is C21H23N3O2. The predicted octanol–water partition coefficient (Wildman–Crippen LogP) is 4.27. The Morgan fingerprint density at radius 3 is 2.77 bits per heavy atom. The number of nitrogens with zero attached hydrogens (tertiary/aromatic N) is 2. The normalized spacial score (nSPS) is 15.2. The quantitative estimate of drug-likeness (QED) is 0.747. The molecule has 134 valence electrons. The zero-order chi connectivity index (χ0) is 17.8. The first-order valence-electron chi connectivity index (χ1n) is 9.40. The average Bonchev–Trinajstić information content (AvgIpc) is 3.16. The fraction of sp³-hybridized carbons (Fsp3) is 0.381. The highest BCUT2D eigenvalue weighted by Gasteiger charge is 2.17. The summed E-state index contributed by atoms with van der Waals surface area (Å²) in [6, 6.07) is 14.5. The van der Waals surface area contributed by atoms with Crippen LogP contribution in [-0.2, 0) is 11.2 Å². The maximum Gasteiger partial charge on any atom is 0.227 e. The van der Waals surface area contributed by atoms with E-state index in [1.54, 1.807) is 0 Å². The minimum atomic E-state index is 0.0711. The van der Waals surface area contributed by atoms with Crippen LogP contribution in [0.25, 0.3) is 22.2 Å². The Bertz CT molecular complexity index is 892. The molecule has 0 saturated heterocycles. The maximum absolute atomic E-state index is 12.1. The fourth-order valence-corrected chi connectivity index (χ4v) is 3.65. The van der Waals surface area contributed by atoms with Crippen LogP contribution < -0.4 is 5.32 Å². The van der Waals surface area contributed by atoms with Crippen molar-refractivity contribution in [2.24, 2.45) is 0 Å². The van der Waals surface area contributed by atoms with Crippen LogP contribution in [0.15, 0.2) is 47.0 Å². The third-order valence-electron chi connectivity index (χ3n) is 5.03. The molecule has 5 heteroatoms. The first-order valence-corrected chi connectivity index (χ1v) is 9.40. The van der Waals surface area contributed by atoms with Gasteiger partial charge in [0, 0.05) is 24.4 Å². The maximum atomic E-state index is 12.1. The second kappa shape index (κ2) is 7.68. The van der Waals surface area contributed by atoms with Crippen molar-refractivity contribution < 1.29 is 9.32 Å². The number of hydrogen-bond donors (Lipinski definition) is 1. The molecule has 1 heterocycles. The smallest absolute Gasteiger partial charge is 0.227 e. The Balaban J connectivity index is 1.40. The summed E-state index contributed by atoms with van der Waals surface area (Å²) in [7, 11) is 0. The van der Waals surface area contributed by atoms with Crippen LogP contribution >= 0.6 is 0 Å². The lowest BCUT2D eigenvalue weighted by atomic mass is 9.95. The Hall–Kier alpha value is -2.69. The number of aromatic nitrogens is 2. The van der Waals surface area contributed by atoms with Gasteiger partial charge in [-0.2, -0.15) is 4.98 Å². The van der Waals surface area contributed by atoms with E-state index in [0.717, 1.165) is 29.2 Å². The highest BCUT2D eigenvalue weighted by Crippen LogP contribution is 2.26. The van der Waals surface area contributed by atoms with Crippen molar-refractivity contribution in [2.75, 3.05) is 0 Å². The van der Waals surface area contributed by atoms with Gasteiger partial charge in [-0.05, 0) is 23.6 Å². The number of carbonyl (C=O) groups is 1. The summed E-state index contributed by atoms with van der Waals surface area (Å²) in [5.74, 6) is 1.15. The Labute approximate surface area is 152 Å². The van der Waals surface area contributed by atoms with Gasteiger partial charge in [-0.3, -0.25) is 4.79 Å². The van der Waals surface area contributed by atoms with Crippen LogP contribution in [0.3, 0.4) is 0 Å². The molecule has 1 aliphatic carbocycles. The summed E-state index contributed by atoms with van der Waals surface area (Å²) in [6.45, 7) is 0. The summed E-state index contributed by atoms with van der Waals surface area (Å²) < 4.78 is 5.37. The number of benzene rings is 2. The second-order valence-corrected chi connectivity index (χ2v) is 6.94. The first-order chi connectivity index (χ1) is 12.8. The lowest BCUT2D eigenvalue weighted by Gasteiger charge is -2.22. The van der Waals surface area contributed by atoms with Gasteiger partial charge < -0.3 is 9.84 Å². The van der Waals surface area contributed by atoms with Gasteiger partial charge in [0.25, 0.3) is 0 Å². The van der Waals surface area contributed by atoms with Crippen LogP contribution in [-0.4, -0.2) is 22.1 Å². The van der Waals surface area contributed by atoms with Crippen molar-refractivity contribution in [1.82, 2.24) is 15.5 Å². The van der Waals surface area contributed by atoms with Gasteiger partial charge in [0.1, 0.15) is 0 Å². The van der Waals surface area contributed by atoms with E-state index in [0.29, 0.717) is 30.6 Å². The zero-order valence-corrected chi connectivity index (χ0v) is 14.8. The zero-order valence-electron chi connectivity index (χ0n) is 14.8. The van der Waals surface area contributed by atoms with Gasteiger partial charge in [-0.15, -0.1) is 0 Å². The summed E-state index contributed by atoms with van der Waals surface area (Å²) in [4.78, 5) is 16.6. The summed E-state index contributed by atoms with van der Waals surface area (Å²) in [6.07, 6.45) is 6.75. The van der Waals surface area contributed by atoms with Crippen molar-refractivity contribution in [3.05, 3.63) is 48.4 Å². The summed E-state index contributed by atoms with van der Waals surface area (Å²) in [5.41, 5.74) is 0.949. The van der Waals surface area contributed by atoms with Gasteiger partial charge in [0.2, 0.25) is 17.6 Å². The molecule has 0 atom stereocenters. The fourth-order valence-electron chi connectivity index (χ4n) is 3.65. The van der Waals surface area contributed by atoms with Crippen LogP contribution in [0.2, 0.25) is 0 Å². The van der Waals surface area contributed by atoms with E-state index in [9.17, 15) is 4.79 Å². The highest BCUT2D eigenvalue weighted by molar-refractivity contribution is 5.94. The standard InChI is InChI=1S/C21H23N3O2/c25-19(22-16-9-2-1-3-10-16)13-14-20-23-21(24-26-20)18-12-6-8-15-7-4-5-11-17(15)18/h4-8,11-12,16H,1-3,9-10,13-14H2,(H,22,25). The predicted molar refractivity (Wildman–Crippen MR) is 101 cm³/mol. The SMILES string of the molecule is O=C(CCc1nc(-c2cccc3ccccc23)no1)NC1CCCCC1.